The average Bonchev–Trinajstić information content (AvgIpc) is 2.32. The van der Waals surface area contributed by atoms with Crippen LogP contribution in [-0.4, -0.2) is 89.7 Å². The van der Waals surface area contributed by atoms with E-state index >= 15 is 0 Å². The van der Waals surface area contributed by atoms with Gasteiger partial charge >= 0.3 is 0 Å². The second kappa shape index (κ2) is 26.4. The molecule has 0 saturated carbocycles. The Bertz CT molecular complexity index is 204. The van der Waals surface area contributed by atoms with Gasteiger partial charge in [0.05, 0.1) is 48.8 Å². The van der Waals surface area contributed by atoms with Crippen molar-refractivity contribution in [3.63, 3.8) is 0 Å². The molecule has 8 unspecified atom stereocenters. The van der Waals surface area contributed by atoms with Crippen LogP contribution in [-0.2, 0) is 21.7 Å². The quantitative estimate of drug-likeness (QED) is 0.242. The molecule has 9 heteroatoms. The fourth-order valence-electron chi connectivity index (χ4n) is 1.97. The minimum absolute atomic E-state index is 0. The third kappa shape index (κ3) is 73.6. The molecule has 0 amide bonds. The molecule has 8 atom stereocenters. The van der Waals surface area contributed by atoms with Crippen molar-refractivity contribution in [2.45, 2.75) is 130 Å². The zero-order valence-corrected chi connectivity index (χ0v) is 21.1. The second-order valence-electron chi connectivity index (χ2n) is 7.73. The van der Waals surface area contributed by atoms with E-state index in [9.17, 15) is 0 Å². The van der Waals surface area contributed by atoms with E-state index in [1.54, 1.807) is 55.4 Å². The minimum Gasteiger partial charge on any atom is -0.393 e. The van der Waals surface area contributed by atoms with Crippen LogP contribution in [0.4, 0.5) is 0 Å². The molecule has 0 spiro atoms. The molecular weight excluding hydrogens is 416 g/mol. The average molecular weight is 464 g/mol. The van der Waals surface area contributed by atoms with Crippen LogP contribution < -0.4 is 0 Å². The fourth-order valence-corrected chi connectivity index (χ4v) is 1.97. The van der Waals surface area contributed by atoms with E-state index < -0.39 is 0 Å². The Morgan fingerprint density at radius 2 is 0.379 bits per heavy atom. The molecule has 8 nitrogen and oxygen atoms in total. The van der Waals surface area contributed by atoms with Crippen molar-refractivity contribution in [3.8, 4) is 0 Å². The summed E-state index contributed by atoms with van der Waals surface area (Å²) >= 11 is 0. The Morgan fingerprint density at radius 3 is 0.379 bits per heavy atom. The van der Waals surface area contributed by atoms with Crippen LogP contribution in [0, 0.1) is 0 Å². The van der Waals surface area contributed by atoms with Crippen LogP contribution in [0.3, 0.4) is 0 Å². The number of aliphatic hydroxyl groups excluding tert-OH is 8. The Kier molecular flexibility index (Phi) is 36.3. The van der Waals surface area contributed by atoms with Crippen molar-refractivity contribution in [3.05, 3.63) is 0 Å². The molecule has 0 aromatic carbocycles. The predicted octanol–water partition coefficient (Wildman–Crippen LogP) is 0.550. The van der Waals surface area contributed by atoms with Gasteiger partial charge in [-0.2, -0.15) is 0 Å². The van der Waals surface area contributed by atoms with Crippen LogP contribution in [0.1, 0.15) is 81.1 Å². The van der Waals surface area contributed by atoms with Gasteiger partial charge in [-0.25, -0.2) is 0 Å². The normalized spacial score (nSPS) is 18.2. The Labute approximate surface area is 192 Å². The molecule has 29 heavy (non-hydrogen) atoms. The van der Waals surface area contributed by atoms with Crippen molar-refractivity contribution in [2.24, 2.45) is 0 Å². The van der Waals surface area contributed by atoms with Crippen molar-refractivity contribution in [2.75, 3.05) is 0 Å². The summed E-state index contributed by atoms with van der Waals surface area (Å²) < 4.78 is 0. The van der Waals surface area contributed by atoms with E-state index in [4.69, 9.17) is 40.9 Å². The third-order valence-electron chi connectivity index (χ3n) is 2.73. The van der Waals surface area contributed by atoms with Crippen molar-refractivity contribution >= 4 is 0 Å². The van der Waals surface area contributed by atoms with Gasteiger partial charge in [-0.15, -0.1) is 0 Å². The van der Waals surface area contributed by atoms with Crippen LogP contribution in [0.5, 0.6) is 0 Å². The van der Waals surface area contributed by atoms with E-state index in [0.717, 1.165) is 0 Å². The molecule has 0 bridgehead atoms. The molecule has 180 valence electrons. The molecule has 0 aromatic heterocycles. The fraction of sp³-hybridized carbons (Fsp3) is 1.00. The van der Waals surface area contributed by atoms with Gasteiger partial charge in [0.2, 0.25) is 0 Å². The van der Waals surface area contributed by atoms with Crippen molar-refractivity contribution in [1.82, 2.24) is 0 Å². The largest absolute Gasteiger partial charge is 0.393 e. The van der Waals surface area contributed by atoms with E-state index in [2.05, 4.69) is 0 Å². The summed E-state index contributed by atoms with van der Waals surface area (Å²) in [6, 6.07) is 0. The third-order valence-corrected chi connectivity index (χ3v) is 2.73. The summed E-state index contributed by atoms with van der Waals surface area (Å²) in [5.74, 6) is 0. The van der Waals surface area contributed by atoms with Gasteiger partial charge in [0.1, 0.15) is 0 Å². The van der Waals surface area contributed by atoms with E-state index in [-0.39, 0.29) is 70.5 Å². The van der Waals surface area contributed by atoms with Crippen LogP contribution >= 0.6 is 0 Å². The van der Waals surface area contributed by atoms with Crippen LogP contribution in [0.2, 0.25) is 0 Å². The molecule has 0 saturated heterocycles. The number of rotatable bonds is 8. The van der Waals surface area contributed by atoms with Gasteiger partial charge in [0.25, 0.3) is 0 Å². The zero-order chi connectivity index (χ0) is 23.4. The molecule has 0 aliphatic heterocycles. The smallest absolute Gasteiger partial charge is 0.0536 e. The summed E-state index contributed by atoms with van der Waals surface area (Å²) in [7, 11) is 0. The second-order valence-corrected chi connectivity index (χ2v) is 7.73. The molecule has 0 radical (unpaired) electrons. The standard InChI is InChI=1S/4C5H12O2.Ti/c4*1-4(6)3-5(2)7;/h4*4-7H,3H2,1-2H3;. The molecule has 0 aliphatic rings. The number of aliphatic hydroxyl groups is 8. The molecule has 0 aromatic rings. The number of hydrogen-bond donors (Lipinski definition) is 8. The monoisotopic (exact) mass is 464 g/mol. The van der Waals surface area contributed by atoms with Gasteiger partial charge < -0.3 is 40.9 Å². The maximum absolute atomic E-state index is 8.56. The van der Waals surface area contributed by atoms with Crippen molar-refractivity contribution in [1.29, 1.82) is 0 Å². The molecule has 0 fully saturated rings. The maximum atomic E-state index is 8.56. The molecule has 8 N–H and O–H groups in total. The minimum atomic E-state index is -0.375. The maximum Gasteiger partial charge on any atom is 0.0536 e. The summed E-state index contributed by atoms with van der Waals surface area (Å²) in [4.78, 5) is 0. The van der Waals surface area contributed by atoms with Gasteiger partial charge in [-0.3, -0.25) is 0 Å². The first-order chi connectivity index (χ1) is 12.5. The molecule has 0 aliphatic carbocycles. The Hall–Kier alpha value is 0.394. The van der Waals surface area contributed by atoms with E-state index in [1.165, 1.54) is 0 Å². The van der Waals surface area contributed by atoms with Crippen molar-refractivity contribution < 1.29 is 62.6 Å². The van der Waals surface area contributed by atoms with Gasteiger partial charge in [-0.05, 0) is 81.1 Å². The van der Waals surface area contributed by atoms with Gasteiger partial charge in [0.15, 0.2) is 0 Å². The van der Waals surface area contributed by atoms with Gasteiger partial charge in [-0.1, -0.05) is 0 Å². The van der Waals surface area contributed by atoms with E-state index in [0.29, 0.717) is 25.7 Å². The summed E-state index contributed by atoms with van der Waals surface area (Å²) in [5, 5.41) is 68.5. The Morgan fingerprint density at radius 1 is 0.310 bits per heavy atom. The zero-order valence-electron chi connectivity index (χ0n) is 19.5. The first-order valence-corrected chi connectivity index (χ1v) is 9.95. The summed E-state index contributed by atoms with van der Waals surface area (Å²) in [6.45, 7) is 13.3. The van der Waals surface area contributed by atoms with Gasteiger partial charge in [0, 0.05) is 21.7 Å². The van der Waals surface area contributed by atoms with Crippen LogP contribution in [0.25, 0.3) is 0 Å². The van der Waals surface area contributed by atoms with Crippen LogP contribution in [0.15, 0.2) is 0 Å². The topological polar surface area (TPSA) is 162 Å². The molecule has 0 rings (SSSR count). The number of hydrogen-bond acceptors (Lipinski definition) is 8. The summed E-state index contributed by atoms with van der Waals surface area (Å²) in [5.41, 5.74) is 0. The SMILES string of the molecule is CC(O)CC(C)O.CC(O)CC(C)O.CC(O)CC(C)O.CC(O)CC(C)O.[Ti]. The Balaban J connectivity index is -0.0000000873. The van der Waals surface area contributed by atoms with E-state index in [1.807, 2.05) is 0 Å². The summed E-state index contributed by atoms with van der Waals surface area (Å²) in [6.07, 6.45) is -1.11. The molecular formula is C20H48O8Ti. The predicted molar refractivity (Wildman–Crippen MR) is 112 cm³/mol. The first-order valence-electron chi connectivity index (χ1n) is 9.95. The molecule has 0 heterocycles. The first kappa shape index (κ1) is 39.8.